The monoisotopic (exact) mass is 316 g/mol. The van der Waals surface area contributed by atoms with Crippen LogP contribution < -0.4 is 0 Å². The molecule has 68 valence electrons. The number of thiol groups is 1. The fourth-order valence-electron chi connectivity index (χ4n) is 0.800. The lowest BCUT2D eigenvalue weighted by atomic mass is 10.1. The molecule has 0 aliphatic carbocycles. The van der Waals surface area contributed by atoms with E-state index in [-0.39, 0.29) is 11.7 Å². The first-order valence-electron chi connectivity index (χ1n) is 3.06. The van der Waals surface area contributed by atoms with Crippen LogP contribution in [0, 0.1) is 0 Å². The molecule has 0 aromatic heterocycles. The first-order valence-corrected chi connectivity index (χ1v) is 5.11. The molecule has 1 heterocycles. The molecular weight excluding hydrogens is 312 g/mol. The normalized spacial score (nSPS) is 30.3. The molecule has 12 heavy (non-hydrogen) atoms. The van der Waals surface area contributed by atoms with Gasteiger partial charge in [0.1, 0.15) is 5.54 Å². The number of carbonyl (C=O) groups excluding carboxylic acids is 2. The van der Waals surface area contributed by atoms with E-state index in [1.165, 1.54) is 3.93 Å². The zero-order valence-corrected chi connectivity index (χ0v) is 10.2. The fraction of sp³-hybridized carbons (Fsp3) is 0.600. The molecule has 0 spiro atoms. The lowest BCUT2D eigenvalue weighted by Gasteiger charge is -2.23. The van der Waals surface area contributed by atoms with Gasteiger partial charge < -0.3 is 0 Å². The Balaban J connectivity index is 3.06. The van der Waals surface area contributed by atoms with E-state index in [1.807, 2.05) is 0 Å². The molecule has 1 unspecified atom stereocenters. The summed E-state index contributed by atoms with van der Waals surface area (Å²) >= 11 is 9.87. The molecule has 0 radical (unpaired) electrons. The first-order chi connectivity index (χ1) is 5.45. The Morgan fingerprint density at radius 3 is 2.17 bits per heavy atom. The van der Waals surface area contributed by atoms with Crippen molar-refractivity contribution >= 4 is 56.9 Å². The number of imide groups is 1. The minimum Gasteiger partial charge on any atom is -0.271 e. The highest BCUT2D eigenvalue weighted by molar-refractivity contribution is 9.08. The molecule has 3 amide bonds. The van der Waals surface area contributed by atoms with Crippen LogP contribution in [-0.4, -0.2) is 31.1 Å². The average Bonchev–Trinajstić information content (AvgIpc) is 2.22. The van der Waals surface area contributed by atoms with Crippen LogP contribution >= 0.6 is 44.9 Å². The molecule has 0 saturated carbocycles. The third kappa shape index (κ3) is 1.18. The van der Waals surface area contributed by atoms with Gasteiger partial charge in [0.05, 0.1) is 32.3 Å². The minimum absolute atomic E-state index is 0.269. The van der Waals surface area contributed by atoms with Gasteiger partial charge in [0.15, 0.2) is 0 Å². The summed E-state index contributed by atoms with van der Waals surface area (Å²) in [6.07, 6.45) is 0. The van der Waals surface area contributed by atoms with E-state index in [9.17, 15) is 9.59 Å². The number of hydrogen-bond donors (Lipinski definition) is 1. The summed E-state index contributed by atoms with van der Waals surface area (Å²) in [6.45, 7) is 1.64. The molecule has 1 rings (SSSR count). The van der Waals surface area contributed by atoms with Crippen LogP contribution in [0.1, 0.15) is 6.92 Å². The topological polar surface area (TPSA) is 40.6 Å². The van der Waals surface area contributed by atoms with Crippen molar-refractivity contribution in [2.24, 2.45) is 0 Å². The Morgan fingerprint density at radius 1 is 1.50 bits per heavy atom. The van der Waals surface area contributed by atoms with E-state index in [0.29, 0.717) is 0 Å². The van der Waals surface area contributed by atoms with Gasteiger partial charge in [-0.3, -0.25) is 4.79 Å². The Labute approximate surface area is 92.3 Å². The summed E-state index contributed by atoms with van der Waals surface area (Å²) < 4.78 is 2.07. The summed E-state index contributed by atoms with van der Waals surface area (Å²) in [4.78, 5) is 22.6. The van der Waals surface area contributed by atoms with Gasteiger partial charge in [-0.05, 0) is 6.92 Å². The van der Waals surface area contributed by atoms with Crippen molar-refractivity contribution in [3.8, 4) is 0 Å². The predicted octanol–water partition coefficient (Wildman–Crippen LogP) is 1.56. The van der Waals surface area contributed by atoms with Crippen molar-refractivity contribution in [3.05, 3.63) is 0 Å². The Kier molecular flexibility index (Phi) is 2.75. The number of carbonyl (C=O) groups is 2. The highest BCUT2D eigenvalue weighted by Gasteiger charge is 2.52. The van der Waals surface area contributed by atoms with Crippen LogP contribution in [0.15, 0.2) is 0 Å². The number of nitrogens with zero attached hydrogens (tertiary/aromatic N) is 2. The van der Waals surface area contributed by atoms with E-state index < -0.39 is 11.6 Å². The zero-order chi connectivity index (χ0) is 9.52. The fourth-order valence-corrected chi connectivity index (χ4v) is 2.46. The van der Waals surface area contributed by atoms with Crippen molar-refractivity contribution in [2.75, 3.05) is 5.75 Å². The van der Waals surface area contributed by atoms with Gasteiger partial charge in [-0.25, -0.2) is 8.72 Å². The molecule has 1 aliphatic heterocycles. The van der Waals surface area contributed by atoms with Gasteiger partial charge in [-0.1, -0.05) is 0 Å². The zero-order valence-electron chi connectivity index (χ0n) is 6.12. The summed E-state index contributed by atoms with van der Waals surface area (Å²) in [5, 5.41) is 0. The van der Waals surface area contributed by atoms with Crippen LogP contribution in [0.5, 0.6) is 0 Å². The number of halogens is 2. The maximum absolute atomic E-state index is 11.4. The number of amides is 3. The SMILES string of the molecule is CC1(CS)C(=O)N(Br)C(=O)N1Br. The molecule has 0 aromatic rings. The van der Waals surface area contributed by atoms with E-state index in [2.05, 4.69) is 44.9 Å². The van der Waals surface area contributed by atoms with Crippen molar-refractivity contribution in [1.29, 1.82) is 0 Å². The van der Waals surface area contributed by atoms with Gasteiger partial charge in [-0.15, -0.1) is 0 Å². The van der Waals surface area contributed by atoms with Crippen molar-refractivity contribution in [2.45, 2.75) is 12.5 Å². The highest BCUT2D eigenvalue weighted by Crippen LogP contribution is 2.33. The second-order valence-electron chi connectivity index (χ2n) is 2.58. The maximum atomic E-state index is 11.4. The third-order valence-corrected chi connectivity index (χ3v) is 4.04. The Hall–Kier alpha value is 0.250. The summed E-state index contributed by atoms with van der Waals surface area (Å²) in [5.74, 6) is -0.0512. The first kappa shape index (κ1) is 10.3. The van der Waals surface area contributed by atoms with Crippen LogP contribution in [0.25, 0.3) is 0 Å². The lowest BCUT2D eigenvalue weighted by molar-refractivity contribution is -0.126. The van der Waals surface area contributed by atoms with Gasteiger partial charge in [0.25, 0.3) is 5.91 Å². The molecule has 7 heteroatoms. The van der Waals surface area contributed by atoms with Crippen LogP contribution in [0.3, 0.4) is 0 Å². The van der Waals surface area contributed by atoms with Crippen LogP contribution in [0.2, 0.25) is 0 Å². The molecule has 1 fully saturated rings. The quantitative estimate of drug-likeness (QED) is 0.453. The Bertz CT molecular complexity index is 250. The third-order valence-electron chi connectivity index (χ3n) is 1.72. The minimum atomic E-state index is -0.899. The second kappa shape index (κ2) is 3.19. The number of urea groups is 1. The molecule has 1 atom stereocenters. The van der Waals surface area contributed by atoms with Gasteiger partial charge in [-0.2, -0.15) is 16.6 Å². The molecule has 0 N–H and O–H groups in total. The maximum Gasteiger partial charge on any atom is 0.348 e. The molecule has 1 aliphatic rings. The summed E-state index contributed by atoms with van der Waals surface area (Å²) in [5.41, 5.74) is -0.899. The number of hydrogen-bond acceptors (Lipinski definition) is 3. The van der Waals surface area contributed by atoms with Gasteiger partial charge >= 0.3 is 6.03 Å². The average molecular weight is 318 g/mol. The van der Waals surface area contributed by atoms with Crippen LogP contribution in [0.4, 0.5) is 4.79 Å². The van der Waals surface area contributed by atoms with E-state index in [0.717, 1.165) is 3.93 Å². The standard InChI is InChI=1S/C5H6Br2N2O2S/c1-5(2-12)3(10)8(6)4(11)9(5)7/h12H,2H2,1H3. The van der Waals surface area contributed by atoms with Crippen molar-refractivity contribution in [3.63, 3.8) is 0 Å². The summed E-state index contributed by atoms with van der Waals surface area (Å²) in [7, 11) is 0. The second-order valence-corrected chi connectivity index (χ2v) is 4.32. The van der Waals surface area contributed by atoms with Crippen molar-refractivity contribution < 1.29 is 9.59 Å². The Morgan fingerprint density at radius 2 is 2.00 bits per heavy atom. The highest BCUT2D eigenvalue weighted by atomic mass is 79.9. The van der Waals surface area contributed by atoms with E-state index >= 15 is 0 Å². The molecule has 0 aromatic carbocycles. The molecule has 0 bridgehead atoms. The largest absolute Gasteiger partial charge is 0.348 e. The van der Waals surface area contributed by atoms with Gasteiger partial charge in [0.2, 0.25) is 0 Å². The van der Waals surface area contributed by atoms with Gasteiger partial charge in [0, 0.05) is 5.75 Å². The smallest absolute Gasteiger partial charge is 0.271 e. The predicted molar refractivity (Wildman–Crippen MR) is 54.2 cm³/mol. The molecule has 4 nitrogen and oxygen atoms in total. The van der Waals surface area contributed by atoms with E-state index in [1.54, 1.807) is 6.92 Å². The van der Waals surface area contributed by atoms with E-state index in [4.69, 9.17) is 0 Å². The van der Waals surface area contributed by atoms with Crippen LogP contribution in [-0.2, 0) is 4.79 Å². The summed E-state index contributed by atoms with van der Waals surface area (Å²) in [6, 6.07) is -0.434. The number of rotatable bonds is 1. The molecular formula is C5H6Br2N2O2S. The molecule has 1 saturated heterocycles. The lowest BCUT2D eigenvalue weighted by Crippen LogP contribution is -2.43. The van der Waals surface area contributed by atoms with Crippen molar-refractivity contribution in [1.82, 2.24) is 7.85 Å².